The van der Waals surface area contributed by atoms with Crippen LogP contribution in [0.5, 0.6) is 0 Å². The number of nitriles is 1. The molecule has 0 aliphatic rings. The quantitative estimate of drug-likeness (QED) is 0.591. The summed E-state index contributed by atoms with van der Waals surface area (Å²) in [7, 11) is 0. The van der Waals surface area contributed by atoms with Crippen LogP contribution in [-0.4, -0.2) is 9.97 Å². The maximum absolute atomic E-state index is 8.61. The van der Waals surface area contributed by atoms with Crippen LogP contribution in [0, 0.1) is 11.3 Å². The summed E-state index contributed by atoms with van der Waals surface area (Å²) < 4.78 is 0.729. The lowest BCUT2D eigenvalue weighted by Gasteiger charge is -2.09. The molecule has 0 fully saturated rings. The minimum Gasteiger partial charge on any atom is -0.339 e. The molecule has 0 radical (unpaired) electrons. The molecule has 1 aromatic carbocycles. The lowest BCUT2D eigenvalue weighted by molar-refractivity contribution is 1.11. The lowest BCUT2D eigenvalue weighted by atomic mass is 10.1. The van der Waals surface area contributed by atoms with Gasteiger partial charge in [0.25, 0.3) is 0 Å². The summed E-state index contributed by atoms with van der Waals surface area (Å²) in [5, 5.41) is 11.8. The van der Waals surface area contributed by atoms with Crippen molar-refractivity contribution in [2.75, 3.05) is 10.7 Å². The number of halogens is 1. The highest BCUT2D eigenvalue weighted by Gasteiger charge is 2.04. The van der Waals surface area contributed by atoms with Crippen LogP contribution >= 0.6 is 15.9 Å². The molecule has 0 saturated carbocycles. The number of hydrazine groups is 1. The fourth-order valence-electron chi connectivity index (χ4n) is 1.46. The zero-order valence-electron chi connectivity index (χ0n) is 9.89. The van der Waals surface area contributed by atoms with E-state index < -0.39 is 0 Å². The van der Waals surface area contributed by atoms with Crippen molar-refractivity contribution in [3.8, 4) is 6.07 Å². The number of anilines is 3. The molecule has 7 heteroatoms. The van der Waals surface area contributed by atoms with Gasteiger partial charge in [-0.05, 0) is 33.6 Å². The molecule has 0 amide bonds. The molecule has 1 heterocycles. The van der Waals surface area contributed by atoms with Crippen molar-refractivity contribution < 1.29 is 0 Å². The highest BCUT2D eigenvalue weighted by atomic mass is 79.9. The molecule has 19 heavy (non-hydrogen) atoms. The molecule has 2 aromatic rings. The molecule has 4 N–H and O–H groups in total. The maximum Gasteiger partial charge on any atom is 0.239 e. The number of hydrogen-bond acceptors (Lipinski definition) is 6. The number of aromatic nitrogens is 2. The molecule has 0 saturated heterocycles. The minimum atomic E-state index is 0.326. The summed E-state index contributed by atoms with van der Waals surface area (Å²) in [6.45, 7) is 0. The molecule has 0 atom stereocenters. The van der Waals surface area contributed by atoms with Crippen LogP contribution in [0.1, 0.15) is 5.56 Å². The van der Waals surface area contributed by atoms with Gasteiger partial charge < -0.3 is 5.32 Å². The number of nitrogens with one attached hydrogen (secondary N) is 2. The average Bonchev–Trinajstić information content (AvgIpc) is 2.44. The molecular formula is C12H11BrN6. The van der Waals surface area contributed by atoms with E-state index in [0.29, 0.717) is 18.2 Å². The van der Waals surface area contributed by atoms with Gasteiger partial charge in [0.15, 0.2) is 0 Å². The van der Waals surface area contributed by atoms with Gasteiger partial charge in [-0.25, -0.2) is 10.8 Å². The first-order chi connectivity index (χ1) is 9.22. The molecule has 0 unspecified atom stereocenters. The molecule has 6 nitrogen and oxygen atoms in total. The monoisotopic (exact) mass is 318 g/mol. The molecule has 0 aliphatic carbocycles. The Labute approximate surface area is 118 Å². The van der Waals surface area contributed by atoms with Crippen LogP contribution in [-0.2, 0) is 6.42 Å². The van der Waals surface area contributed by atoms with E-state index in [2.05, 4.69) is 42.7 Å². The second-order valence-electron chi connectivity index (χ2n) is 3.69. The van der Waals surface area contributed by atoms with Gasteiger partial charge >= 0.3 is 0 Å². The first kappa shape index (κ1) is 13.3. The van der Waals surface area contributed by atoms with E-state index in [1.165, 1.54) is 0 Å². The van der Waals surface area contributed by atoms with Gasteiger partial charge in [-0.2, -0.15) is 10.2 Å². The van der Waals surface area contributed by atoms with Crippen molar-refractivity contribution >= 4 is 33.4 Å². The van der Waals surface area contributed by atoms with Crippen molar-refractivity contribution in [2.45, 2.75) is 6.42 Å². The van der Waals surface area contributed by atoms with E-state index in [1.54, 1.807) is 6.20 Å². The Kier molecular flexibility index (Phi) is 4.28. The van der Waals surface area contributed by atoms with E-state index in [0.717, 1.165) is 15.7 Å². The molecule has 2 rings (SSSR count). The van der Waals surface area contributed by atoms with E-state index in [4.69, 9.17) is 11.1 Å². The fraction of sp³-hybridized carbons (Fsp3) is 0.0833. The van der Waals surface area contributed by atoms with Gasteiger partial charge in [-0.3, -0.25) is 5.43 Å². The van der Waals surface area contributed by atoms with Crippen LogP contribution in [0.4, 0.5) is 17.5 Å². The third-order valence-electron chi connectivity index (χ3n) is 2.37. The number of benzene rings is 1. The Bertz CT molecular complexity index is 605. The predicted molar refractivity (Wildman–Crippen MR) is 76.6 cm³/mol. The smallest absolute Gasteiger partial charge is 0.239 e. The Morgan fingerprint density at radius 2 is 2.05 bits per heavy atom. The minimum absolute atomic E-state index is 0.326. The number of rotatable bonds is 4. The first-order valence-electron chi connectivity index (χ1n) is 5.45. The van der Waals surface area contributed by atoms with Crippen molar-refractivity contribution in [3.05, 3.63) is 40.5 Å². The van der Waals surface area contributed by atoms with E-state index in [1.807, 2.05) is 24.3 Å². The molecule has 0 bridgehead atoms. The second-order valence-corrected chi connectivity index (χ2v) is 4.55. The Balaban J connectivity index is 2.19. The predicted octanol–water partition coefficient (Wildman–Crippen LogP) is 2.33. The van der Waals surface area contributed by atoms with Crippen LogP contribution in [0.25, 0.3) is 0 Å². The van der Waals surface area contributed by atoms with Crippen molar-refractivity contribution in [2.24, 2.45) is 5.84 Å². The summed E-state index contributed by atoms with van der Waals surface area (Å²) in [5.41, 5.74) is 4.22. The van der Waals surface area contributed by atoms with Crippen LogP contribution < -0.4 is 16.6 Å². The van der Waals surface area contributed by atoms with Crippen LogP contribution in [0.15, 0.2) is 34.9 Å². The largest absolute Gasteiger partial charge is 0.339 e. The molecule has 0 aliphatic heterocycles. The van der Waals surface area contributed by atoms with Gasteiger partial charge in [0.2, 0.25) is 5.95 Å². The Hall–Kier alpha value is -2.17. The van der Waals surface area contributed by atoms with E-state index in [9.17, 15) is 0 Å². The zero-order valence-corrected chi connectivity index (χ0v) is 11.5. The number of nitrogen functional groups attached to an aromatic ring is 1. The van der Waals surface area contributed by atoms with Gasteiger partial charge in [-0.15, -0.1) is 0 Å². The summed E-state index contributed by atoms with van der Waals surface area (Å²) >= 11 is 3.36. The SMILES string of the molecule is N#CCc1ccc(Nc2nc(NN)ncc2Br)cc1. The molecule has 1 aromatic heterocycles. The van der Waals surface area contributed by atoms with E-state index in [-0.39, 0.29) is 0 Å². The van der Waals surface area contributed by atoms with Crippen molar-refractivity contribution in [3.63, 3.8) is 0 Å². The highest BCUT2D eigenvalue weighted by molar-refractivity contribution is 9.10. The topological polar surface area (TPSA) is 99.7 Å². The van der Waals surface area contributed by atoms with Gasteiger partial charge in [0, 0.05) is 11.9 Å². The summed E-state index contributed by atoms with van der Waals surface area (Å²) in [6.07, 6.45) is 2.01. The normalized spacial score (nSPS) is 9.74. The second kappa shape index (κ2) is 6.13. The van der Waals surface area contributed by atoms with Crippen molar-refractivity contribution in [1.82, 2.24) is 9.97 Å². The zero-order chi connectivity index (χ0) is 13.7. The number of hydrogen-bond donors (Lipinski definition) is 3. The standard InChI is InChI=1S/C12H11BrN6/c13-10-7-16-12(19-15)18-11(10)17-9-3-1-8(2-4-9)5-6-14/h1-4,7H,5,15H2,(H2,16,17,18,19). The molecular weight excluding hydrogens is 308 g/mol. The summed E-state index contributed by atoms with van der Waals surface area (Å²) in [6, 6.07) is 9.66. The van der Waals surface area contributed by atoms with Crippen molar-refractivity contribution in [1.29, 1.82) is 5.26 Å². The van der Waals surface area contributed by atoms with E-state index >= 15 is 0 Å². The summed E-state index contributed by atoms with van der Waals surface area (Å²) in [5.74, 6) is 6.20. The van der Waals surface area contributed by atoms with Crippen LogP contribution in [0.2, 0.25) is 0 Å². The fourth-order valence-corrected chi connectivity index (χ4v) is 1.75. The first-order valence-corrected chi connectivity index (χ1v) is 6.24. The Morgan fingerprint density at radius 3 is 2.68 bits per heavy atom. The highest BCUT2D eigenvalue weighted by Crippen LogP contribution is 2.24. The number of nitrogens with zero attached hydrogens (tertiary/aromatic N) is 3. The third-order valence-corrected chi connectivity index (χ3v) is 2.95. The average molecular weight is 319 g/mol. The molecule has 96 valence electrons. The third kappa shape index (κ3) is 3.40. The Morgan fingerprint density at radius 1 is 1.32 bits per heavy atom. The van der Waals surface area contributed by atoms with Gasteiger partial charge in [-0.1, -0.05) is 12.1 Å². The van der Waals surface area contributed by atoms with Gasteiger partial charge in [0.1, 0.15) is 5.82 Å². The number of nitrogens with two attached hydrogens (primary N) is 1. The van der Waals surface area contributed by atoms with Crippen LogP contribution in [0.3, 0.4) is 0 Å². The molecule has 0 spiro atoms. The van der Waals surface area contributed by atoms with Gasteiger partial charge in [0.05, 0.1) is 17.0 Å². The summed E-state index contributed by atoms with van der Waals surface area (Å²) in [4.78, 5) is 8.15. The maximum atomic E-state index is 8.61. The lowest BCUT2D eigenvalue weighted by Crippen LogP contribution is -2.11.